The summed E-state index contributed by atoms with van der Waals surface area (Å²) in [5, 5.41) is 5.30. The van der Waals surface area contributed by atoms with E-state index in [1.165, 1.54) is 6.92 Å². The molecule has 4 nitrogen and oxygen atoms in total. The minimum absolute atomic E-state index is 0.179. The van der Waals surface area contributed by atoms with Crippen molar-refractivity contribution < 1.29 is 9.59 Å². The molecule has 1 aromatic rings. The van der Waals surface area contributed by atoms with Gasteiger partial charge in [0.15, 0.2) is 0 Å². The van der Waals surface area contributed by atoms with Crippen LogP contribution in [-0.4, -0.2) is 18.4 Å². The van der Waals surface area contributed by atoms with Crippen LogP contribution in [0, 0.1) is 0 Å². The molecule has 0 bridgehead atoms. The normalized spacial score (nSPS) is 9.47. The second-order valence-corrected chi connectivity index (χ2v) is 3.09. The fourth-order valence-electron chi connectivity index (χ4n) is 1.24. The van der Waals surface area contributed by atoms with Crippen molar-refractivity contribution in [1.29, 1.82) is 0 Å². The SMILES string of the molecule is CCNC(=O)c1ccccc1NC(C)=O. The molecule has 1 rings (SSSR count). The number of benzene rings is 1. The highest BCUT2D eigenvalue weighted by molar-refractivity contribution is 6.03. The third kappa shape index (κ3) is 3.09. The Bertz CT molecular complexity index is 375. The molecule has 0 aliphatic carbocycles. The number of anilines is 1. The van der Waals surface area contributed by atoms with Gasteiger partial charge in [0.1, 0.15) is 0 Å². The zero-order chi connectivity index (χ0) is 11.3. The van der Waals surface area contributed by atoms with Crippen LogP contribution in [0.15, 0.2) is 24.3 Å². The summed E-state index contributed by atoms with van der Waals surface area (Å²) in [4.78, 5) is 22.5. The smallest absolute Gasteiger partial charge is 0.253 e. The highest BCUT2D eigenvalue weighted by Gasteiger charge is 2.09. The molecule has 0 spiro atoms. The Morgan fingerprint density at radius 1 is 1.27 bits per heavy atom. The zero-order valence-electron chi connectivity index (χ0n) is 8.83. The van der Waals surface area contributed by atoms with Crippen LogP contribution in [0.2, 0.25) is 0 Å². The molecule has 0 heterocycles. The van der Waals surface area contributed by atoms with Gasteiger partial charge in [-0.2, -0.15) is 0 Å². The van der Waals surface area contributed by atoms with Crippen molar-refractivity contribution in [3.8, 4) is 0 Å². The van der Waals surface area contributed by atoms with E-state index in [1.807, 2.05) is 6.92 Å². The van der Waals surface area contributed by atoms with Crippen molar-refractivity contribution in [2.45, 2.75) is 13.8 Å². The molecule has 0 radical (unpaired) electrons. The van der Waals surface area contributed by atoms with Crippen molar-refractivity contribution in [3.63, 3.8) is 0 Å². The average Bonchev–Trinajstić information content (AvgIpc) is 2.18. The van der Waals surface area contributed by atoms with E-state index in [0.29, 0.717) is 17.8 Å². The van der Waals surface area contributed by atoms with Gasteiger partial charge in [0.05, 0.1) is 11.3 Å². The van der Waals surface area contributed by atoms with Gasteiger partial charge in [0.25, 0.3) is 5.91 Å². The number of hydrogen-bond donors (Lipinski definition) is 2. The van der Waals surface area contributed by atoms with Gasteiger partial charge in [-0.05, 0) is 19.1 Å². The summed E-state index contributed by atoms with van der Waals surface area (Å²) >= 11 is 0. The van der Waals surface area contributed by atoms with Crippen LogP contribution >= 0.6 is 0 Å². The molecule has 0 aromatic heterocycles. The first-order chi connectivity index (χ1) is 7.15. The lowest BCUT2D eigenvalue weighted by Crippen LogP contribution is -2.24. The molecule has 0 aliphatic rings. The summed E-state index contributed by atoms with van der Waals surface area (Å²) in [6.07, 6.45) is 0. The van der Waals surface area contributed by atoms with Gasteiger partial charge >= 0.3 is 0 Å². The van der Waals surface area contributed by atoms with E-state index < -0.39 is 0 Å². The van der Waals surface area contributed by atoms with Gasteiger partial charge in [-0.3, -0.25) is 9.59 Å². The van der Waals surface area contributed by atoms with Crippen molar-refractivity contribution in [1.82, 2.24) is 5.32 Å². The largest absolute Gasteiger partial charge is 0.352 e. The molecule has 0 unspecified atom stereocenters. The van der Waals surface area contributed by atoms with Crippen molar-refractivity contribution in [2.75, 3.05) is 11.9 Å². The summed E-state index contributed by atoms with van der Waals surface area (Å²) in [6, 6.07) is 6.91. The summed E-state index contributed by atoms with van der Waals surface area (Å²) in [5.74, 6) is -0.367. The molecule has 0 aliphatic heterocycles. The van der Waals surface area contributed by atoms with E-state index in [1.54, 1.807) is 24.3 Å². The second kappa shape index (κ2) is 5.14. The lowest BCUT2D eigenvalue weighted by Gasteiger charge is -2.08. The molecule has 2 amide bonds. The minimum Gasteiger partial charge on any atom is -0.352 e. The Morgan fingerprint density at radius 2 is 1.93 bits per heavy atom. The van der Waals surface area contributed by atoms with E-state index in [-0.39, 0.29) is 11.8 Å². The van der Waals surface area contributed by atoms with Crippen molar-refractivity contribution in [3.05, 3.63) is 29.8 Å². The number of carbonyl (C=O) groups excluding carboxylic acids is 2. The molecule has 15 heavy (non-hydrogen) atoms. The molecular weight excluding hydrogens is 192 g/mol. The third-order valence-corrected chi connectivity index (χ3v) is 1.82. The van der Waals surface area contributed by atoms with Gasteiger partial charge < -0.3 is 10.6 Å². The summed E-state index contributed by atoms with van der Waals surface area (Å²) in [5.41, 5.74) is 1.02. The van der Waals surface area contributed by atoms with Crippen molar-refractivity contribution in [2.24, 2.45) is 0 Å². The van der Waals surface area contributed by atoms with Crippen LogP contribution in [0.4, 0.5) is 5.69 Å². The third-order valence-electron chi connectivity index (χ3n) is 1.82. The molecule has 0 fully saturated rings. The Kier molecular flexibility index (Phi) is 3.85. The minimum atomic E-state index is -0.188. The van der Waals surface area contributed by atoms with Crippen LogP contribution in [-0.2, 0) is 4.79 Å². The van der Waals surface area contributed by atoms with E-state index >= 15 is 0 Å². The molecular formula is C11H14N2O2. The van der Waals surface area contributed by atoms with Gasteiger partial charge in [0, 0.05) is 13.5 Å². The highest BCUT2D eigenvalue weighted by Crippen LogP contribution is 2.14. The molecule has 2 N–H and O–H groups in total. The first-order valence-corrected chi connectivity index (χ1v) is 4.80. The van der Waals surface area contributed by atoms with Gasteiger partial charge in [0.2, 0.25) is 5.91 Å². The number of nitrogens with one attached hydrogen (secondary N) is 2. The Labute approximate surface area is 88.7 Å². The van der Waals surface area contributed by atoms with E-state index in [0.717, 1.165) is 0 Å². The Balaban J connectivity index is 2.95. The maximum atomic E-state index is 11.6. The summed E-state index contributed by atoms with van der Waals surface area (Å²) in [6.45, 7) is 3.82. The molecule has 0 saturated heterocycles. The molecule has 4 heteroatoms. The van der Waals surface area contributed by atoms with Gasteiger partial charge in [-0.1, -0.05) is 12.1 Å². The Morgan fingerprint density at radius 3 is 2.53 bits per heavy atom. The predicted octanol–water partition coefficient (Wildman–Crippen LogP) is 1.39. The average molecular weight is 206 g/mol. The standard InChI is InChI=1S/C11H14N2O2/c1-3-12-11(15)9-6-4-5-7-10(9)13-8(2)14/h4-7H,3H2,1-2H3,(H,12,15)(H,13,14). The maximum Gasteiger partial charge on any atom is 0.253 e. The van der Waals surface area contributed by atoms with Crippen LogP contribution in [0.1, 0.15) is 24.2 Å². The predicted molar refractivity (Wildman–Crippen MR) is 58.8 cm³/mol. The van der Waals surface area contributed by atoms with Crippen LogP contribution in [0.5, 0.6) is 0 Å². The first kappa shape index (κ1) is 11.2. The van der Waals surface area contributed by atoms with Crippen LogP contribution in [0.3, 0.4) is 0 Å². The number of rotatable bonds is 3. The first-order valence-electron chi connectivity index (χ1n) is 4.80. The molecule has 0 saturated carbocycles. The maximum absolute atomic E-state index is 11.6. The van der Waals surface area contributed by atoms with E-state index in [4.69, 9.17) is 0 Å². The lowest BCUT2D eigenvalue weighted by atomic mass is 10.1. The quantitative estimate of drug-likeness (QED) is 0.785. The van der Waals surface area contributed by atoms with Gasteiger partial charge in [-0.15, -0.1) is 0 Å². The fraction of sp³-hybridized carbons (Fsp3) is 0.273. The second-order valence-electron chi connectivity index (χ2n) is 3.09. The van der Waals surface area contributed by atoms with Crippen molar-refractivity contribution >= 4 is 17.5 Å². The number of amides is 2. The summed E-state index contributed by atoms with van der Waals surface area (Å²) < 4.78 is 0. The monoisotopic (exact) mass is 206 g/mol. The highest BCUT2D eigenvalue weighted by atomic mass is 16.2. The van der Waals surface area contributed by atoms with Gasteiger partial charge in [-0.25, -0.2) is 0 Å². The van der Waals surface area contributed by atoms with E-state index in [2.05, 4.69) is 10.6 Å². The van der Waals surface area contributed by atoms with Crippen LogP contribution < -0.4 is 10.6 Å². The molecule has 80 valence electrons. The molecule has 0 atom stereocenters. The van der Waals surface area contributed by atoms with E-state index in [9.17, 15) is 9.59 Å². The summed E-state index contributed by atoms with van der Waals surface area (Å²) in [7, 11) is 0. The number of para-hydroxylation sites is 1. The lowest BCUT2D eigenvalue weighted by molar-refractivity contribution is -0.114. The topological polar surface area (TPSA) is 58.2 Å². The van der Waals surface area contributed by atoms with Crippen LogP contribution in [0.25, 0.3) is 0 Å². The number of carbonyl (C=O) groups is 2. The zero-order valence-corrected chi connectivity index (χ0v) is 8.83. The number of hydrogen-bond acceptors (Lipinski definition) is 2. The molecule has 1 aromatic carbocycles. The Hall–Kier alpha value is -1.84. The fourth-order valence-corrected chi connectivity index (χ4v) is 1.24.